The van der Waals surface area contributed by atoms with Crippen LogP contribution in [0.4, 0.5) is 0 Å². The monoisotopic (exact) mass is 276 g/mol. The lowest BCUT2D eigenvalue weighted by Gasteiger charge is -2.09. The Bertz CT molecular complexity index is 608. The number of carbonyl (C=O) groups excluding carboxylic acids is 1. The summed E-state index contributed by atoms with van der Waals surface area (Å²) < 4.78 is 10.2. The van der Waals surface area contributed by atoms with Crippen molar-refractivity contribution in [3.05, 3.63) is 47.0 Å². The van der Waals surface area contributed by atoms with Gasteiger partial charge in [0.2, 0.25) is 0 Å². The topological polar surface area (TPSA) is 35.5 Å². The van der Waals surface area contributed by atoms with E-state index in [0.29, 0.717) is 22.1 Å². The summed E-state index contributed by atoms with van der Waals surface area (Å²) in [4.78, 5) is 11.2. The van der Waals surface area contributed by atoms with E-state index in [0.717, 1.165) is 17.4 Å². The molecule has 0 radical (unpaired) electrons. The van der Waals surface area contributed by atoms with Crippen LogP contribution in [0.3, 0.4) is 0 Å². The molecular weight excluding hydrogens is 264 g/mol. The van der Waals surface area contributed by atoms with Gasteiger partial charge in [0.25, 0.3) is 0 Å². The van der Waals surface area contributed by atoms with Gasteiger partial charge < -0.3 is 9.47 Å². The molecule has 3 nitrogen and oxygen atoms in total. The van der Waals surface area contributed by atoms with E-state index in [1.165, 1.54) is 0 Å². The largest absolute Gasteiger partial charge is 0.497 e. The quantitative estimate of drug-likeness (QED) is 0.796. The van der Waals surface area contributed by atoms with Crippen LogP contribution in [0.1, 0.15) is 10.4 Å². The lowest BCUT2D eigenvalue weighted by Crippen LogP contribution is -1.91. The zero-order valence-electron chi connectivity index (χ0n) is 10.6. The van der Waals surface area contributed by atoms with E-state index in [9.17, 15) is 4.79 Å². The van der Waals surface area contributed by atoms with Crippen molar-refractivity contribution >= 4 is 17.9 Å². The van der Waals surface area contributed by atoms with Gasteiger partial charge in [-0.3, -0.25) is 4.79 Å². The van der Waals surface area contributed by atoms with Gasteiger partial charge in [-0.15, -0.1) is 0 Å². The summed E-state index contributed by atoms with van der Waals surface area (Å²) in [6, 6.07) is 10.7. The van der Waals surface area contributed by atoms with E-state index in [-0.39, 0.29) is 0 Å². The SMILES string of the molecule is COc1ccc(-c2ccc(OC)c(Cl)c2)c(C=O)c1. The summed E-state index contributed by atoms with van der Waals surface area (Å²) in [7, 11) is 3.12. The Hall–Kier alpha value is -2.00. The van der Waals surface area contributed by atoms with Crippen molar-refractivity contribution in [2.24, 2.45) is 0 Å². The molecule has 4 heteroatoms. The Morgan fingerprint density at radius 2 is 1.84 bits per heavy atom. The van der Waals surface area contributed by atoms with Crippen LogP contribution in [0.2, 0.25) is 5.02 Å². The Morgan fingerprint density at radius 1 is 1.05 bits per heavy atom. The summed E-state index contributed by atoms with van der Waals surface area (Å²) >= 11 is 6.10. The van der Waals surface area contributed by atoms with Gasteiger partial charge in [0, 0.05) is 5.56 Å². The van der Waals surface area contributed by atoms with E-state index in [4.69, 9.17) is 21.1 Å². The molecule has 0 saturated carbocycles. The highest BCUT2D eigenvalue weighted by Gasteiger charge is 2.09. The number of hydrogen-bond donors (Lipinski definition) is 0. The smallest absolute Gasteiger partial charge is 0.150 e. The zero-order valence-corrected chi connectivity index (χ0v) is 11.4. The van der Waals surface area contributed by atoms with Gasteiger partial charge in [0.05, 0.1) is 19.2 Å². The van der Waals surface area contributed by atoms with Gasteiger partial charge in [-0.25, -0.2) is 0 Å². The molecule has 0 bridgehead atoms. The van der Waals surface area contributed by atoms with Crippen LogP contribution in [0, 0.1) is 0 Å². The van der Waals surface area contributed by atoms with Crippen LogP contribution in [-0.4, -0.2) is 20.5 Å². The minimum atomic E-state index is 0.507. The van der Waals surface area contributed by atoms with Gasteiger partial charge in [-0.05, 0) is 41.5 Å². The van der Waals surface area contributed by atoms with Gasteiger partial charge in [-0.2, -0.15) is 0 Å². The van der Waals surface area contributed by atoms with Crippen LogP contribution < -0.4 is 9.47 Å². The van der Waals surface area contributed by atoms with E-state index in [1.807, 2.05) is 12.1 Å². The van der Waals surface area contributed by atoms with Crippen LogP contribution in [0.25, 0.3) is 11.1 Å². The maximum Gasteiger partial charge on any atom is 0.150 e. The molecule has 0 unspecified atom stereocenters. The van der Waals surface area contributed by atoms with Crippen LogP contribution in [-0.2, 0) is 0 Å². The predicted molar refractivity (Wildman–Crippen MR) is 75.4 cm³/mol. The molecule has 0 aliphatic carbocycles. The Morgan fingerprint density at radius 3 is 2.42 bits per heavy atom. The maximum absolute atomic E-state index is 11.2. The minimum absolute atomic E-state index is 0.507. The van der Waals surface area contributed by atoms with Crippen LogP contribution in [0.5, 0.6) is 11.5 Å². The minimum Gasteiger partial charge on any atom is -0.497 e. The second-order valence-electron chi connectivity index (χ2n) is 3.92. The van der Waals surface area contributed by atoms with Crippen molar-refractivity contribution in [1.82, 2.24) is 0 Å². The molecule has 2 aromatic carbocycles. The number of benzene rings is 2. The van der Waals surface area contributed by atoms with E-state index < -0.39 is 0 Å². The number of aldehydes is 1. The van der Waals surface area contributed by atoms with Gasteiger partial charge >= 0.3 is 0 Å². The van der Waals surface area contributed by atoms with Gasteiger partial charge in [-0.1, -0.05) is 17.7 Å². The zero-order chi connectivity index (χ0) is 13.8. The number of methoxy groups -OCH3 is 2. The third-order valence-corrected chi connectivity index (χ3v) is 3.14. The van der Waals surface area contributed by atoms with E-state index in [2.05, 4.69) is 0 Å². The van der Waals surface area contributed by atoms with Crippen LogP contribution >= 0.6 is 11.6 Å². The number of hydrogen-bond acceptors (Lipinski definition) is 3. The Labute approximate surface area is 116 Å². The number of carbonyl (C=O) groups is 1. The number of halogens is 1. The summed E-state index contributed by atoms with van der Waals surface area (Å²) in [5.74, 6) is 1.25. The molecule has 19 heavy (non-hydrogen) atoms. The summed E-state index contributed by atoms with van der Waals surface area (Å²) in [5, 5.41) is 0.507. The standard InChI is InChI=1S/C15H13ClO3/c1-18-12-4-5-13(11(7-12)9-17)10-3-6-15(19-2)14(16)8-10/h3-9H,1-2H3. The third-order valence-electron chi connectivity index (χ3n) is 2.85. The summed E-state index contributed by atoms with van der Waals surface area (Å²) in [5.41, 5.74) is 2.22. The van der Waals surface area contributed by atoms with E-state index in [1.54, 1.807) is 38.5 Å². The highest BCUT2D eigenvalue weighted by Crippen LogP contribution is 2.32. The highest BCUT2D eigenvalue weighted by molar-refractivity contribution is 6.32. The molecule has 0 aromatic heterocycles. The molecule has 0 amide bonds. The fourth-order valence-electron chi connectivity index (χ4n) is 1.86. The Kier molecular flexibility index (Phi) is 4.07. The molecule has 0 N–H and O–H groups in total. The molecule has 0 atom stereocenters. The first-order valence-electron chi connectivity index (χ1n) is 5.66. The van der Waals surface area contributed by atoms with Crippen molar-refractivity contribution in [2.75, 3.05) is 14.2 Å². The van der Waals surface area contributed by atoms with E-state index >= 15 is 0 Å². The fourth-order valence-corrected chi connectivity index (χ4v) is 2.12. The van der Waals surface area contributed by atoms with Crippen molar-refractivity contribution in [3.8, 4) is 22.6 Å². The second kappa shape index (κ2) is 5.76. The van der Waals surface area contributed by atoms with Crippen molar-refractivity contribution in [1.29, 1.82) is 0 Å². The molecule has 0 heterocycles. The average Bonchev–Trinajstić information content (AvgIpc) is 2.46. The number of rotatable bonds is 4. The highest BCUT2D eigenvalue weighted by atomic mass is 35.5. The average molecular weight is 277 g/mol. The summed E-state index contributed by atoms with van der Waals surface area (Å²) in [6.45, 7) is 0. The van der Waals surface area contributed by atoms with Crippen molar-refractivity contribution in [2.45, 2.75) is 0 Å². The molecular formula is C15H13ClO3. The fraction of sp³-hybridized carbons (Fsp3) is 0.133. The van der Waals surface area contributed by atoms with Crippen molar-refractivity contribution < 1.29 is 14.3 Å². The lowest BCUT2D eigenvalue weighted by molar-refractivity contribution is 0.112. The summed E-state index contributed by atoms with van der Waals surface area (Å²) in [6.07, 6.45) is 0.802. The molecule has 0 saturated heterocycles. The first-order valence-corrected chi connectivity index (χ1v) is 6.04. The molecule has 0 aliphatic heterocycles. The maximum atomic E-state index is 11.2. The molecule has 0 fully saturated rings. The molecule has 0 aliphatic rings. The molecule has 98 valence electrons. The Balaban J connectivity index is 2.52. The second-order valence-corrected chi connectivity index (χ2v) is 4.33. The van der Waals surface area contributed by atoms with Gasteiger partial charge in [0.1, 0.15) is 11.5 Å². The first-order chi connectivity index (χ1) is 9.19. The number of ether oxygens (including phenoxy) is 2. The molecule has 2 rings (SSSR count). The van der Waals surface area contributed by atoms with Crippen LogP contribution in [0.15, 0.2) is 36.4 Å². The third kappa shape index (κ3) is 2.71. The normalized spacial score (nSPS) is 10.1. The first kappa shape index (κ1) is 13.4. The van der Waals surface area contributed by atoms with Crippen molar-refractivity contribution in [3.63, 3.8) is 0 Å². The molecule has 0 spiro atoms. The van der Waals surface area contributed by atoms with Gasteiger partial charge in [0.15, 0.2) is 6.29 Å². The molecule has 2 aromatic rings. The lowest BCUT2D eigenvalue weighted by atomic mass is 10.00. The predicted octanol–water partition coefficient (Wildman–Crippen LogP) is 3.84.